The van der Waals surface area contributed by atoms with Crippen molar-refractivity contribution in [1.82, 2.24) is 19.4 Å². The van der Waals surface area contributed by atoms with Gasteiger partial charge in [0.05, 0.1) is 30.2 Å². The summed E-state index contributed by atoms with van der Waals surface area (Å²) >= 11 is 0. The topological polar surface area (TPSA) is 50.6 Å². The fourth-order valence-corrected chi connectivity index (χ4v) is 5.06. The normalized spacial score (nSPS) is 28.5. The Morgan fingerprint density at radius 1 is 1.31 bits per heavy atom. The molecule has 3 aliphatic rings. The van der Waals surface area contributed by atoms with Crippen molar-refractivity contribution in [2.75, 3.05) is 19.7 Å². The van der Waals surface area contributed by atoms with Crippen molar-refractivity contribution < 1.29 is 9.53 Å². The Morgan fingerprint density at radius 3 is 3.00 bits per heavy atom. The van der Waals surface area contributed by atoms with E-state index in [2.05, 4.69) is 41.5 Å². The van der Waals surface area contributed by atoms with Gasteiger partial charge in [0.15, 0.2) is 5.72 Å². The fraction of sp³-hybridized carbons (Fsp3) is 0.600. The first-order chi connectivity index (χ1) is 12.6. The molecule has 26 heavy (non-hydrogen) atoms. The van der Waals surface area contributed by atoms with Gasteiger partial charge < -0.3 is 14.2 Å². The molecule has 6 heteroatoms. The van der Waals surface area contributed by atoms with E-state index in [1.165, 1.54) is 5.52 Å². The molecule has 2 atom stereocenters. The van der Waals surface area contributed by atoms with Crippen molar-refractivity contribution in [2.45, 2.75) is 51.5 Å². The molecule has 0 N–H and O–H groups in total. The van der Waals surface area contributed by atoms with Crippen LogP contribution in [0.15, 0.2) is 24.3 Å². The molecule has 3 aliphatic heterocycles. The number of fused-ring (bicyclic) bond motifs is 1. The van der Waals surface area contributed by atoms with Crippen LogP contribution in [-0.4, -0.2) is 56.7 Å². The highest BCUT2D eigenvalue weighted by atomic mass is 16.5. The standard InChI is InChI=1S/C20H26N4O2/c1-14(2)12-23-16-6-4-3-5-15(16)21-18(23)13-22-8-7-20-17(22)11-19(25)24(20)9-10-26-20/h3-6,14,17H,7-13H2,1-2H3/t17-,20+/m1/s1. The van der Waals surface area contributed by atoms with E-state index in [0.717, 1.165) is 43.9 Å². The minimum Gasteiger partial charge on any atom is -0.352 e. The van der Waals surface area contributed by atoms with Crippen LogP contribution < -0.4 is 0 Å². The van der Waals surface area contributed by atoms with Crippen molar-refractivity contribution >= 4 is 16.9 Å². The number of ether oxygens (including phenoxy) is 1. The molecular formula is C20H26N4O2. The molecule has 0 radical (unpaired) electrons. The first kappa shape index (κ1) is 16.3. The molecule has 1 spiro atoms. The summed E-state index contributed by atoms with van der Waals surface area (Å²) in [6.45, 7) is 8.59. The number of nitrogens with zero attached hydrogens (tertiary/aromatic N) is 4. The zero-order valence-electron chi connectivity index (χ0n) is 15.5. The maximum Gasteiger partial charge on any atom is 0.226 e. The van der Waals surface area contributed by atoms with Crippen molar-refractivity contribution in [3.05, 3.63) is 30.1 Å². The first-order valence-corrected chi connectivity index (χ1v) is 9.71. The second-order valence-electron chi connectivity index (χ2n) is 8.20. The van der Waals surface area contributed by atoms with Crippen LogP contribution in [0.4, 0.5) is 0 Å². The number of carbonyl (C=O) groups is 1. The van der Waals surface area contributed by atoms with Crippen LogP contribution >= 0.6 is 0 Å². The van der Waals surface area contributed by atoms with Crippen LogP contribution in [0.5, 0.6) is 0 Å². The van der Waals surface area contributed by atoms with Gasteiger partial charge >= 0.3 is 0 Å². The summed E-state index contributed by atoms with van der Waals surface area (Å²) in [5.41, 5.74) is 1.89. The lowest BCUT2D eigenvalue weighted by Gasteiger charge is -2.31. The van der Waals surface area contributed by atoms with Gasteiger partial charge in [0.1, 0.15) is 5.82 Å². The van der Waals surface area contributed by atoms with Crippen LogP contribution in [0, 0.1) is 5.92 Å². The van der Waals surface area contributed by atoms with E-state index in [1.807, 2.05) is 11.0 Å². The predicted molar refractivity (Wildman–Crippen MR) is 98.4 cm³/mol. The first-order valence-electron chi connectivity index (χ1n) is 9.71. The maximum atomic E-state index is 12.4. The highest BCUT2D eigenvalue weighted by molar-refractivity contribution is 5.81. The Kier molecular flexibility index (Phi) is 3.62. The Balaban J connectivity index is 1.48. The SMILES string of the molecule is CC(C)Cn1c(CN2CC[C@@]34OCCN3C(=O)C[C@@H]24)nc2ccccc21. The van der Waals surface area contributed by atoms with Crippen LogP contribution in [0.1, 0.15) is 32.5 Å². The smallest absolute Gasteiger partial charge is 0.226 e. The van der Waals surface area contributed by atoms with E-state index in [1.54, 1.807) is 0 Å². The van der Waals surface area contributed by atoms with Gasteiger partial charge in [0.2, 0.25) is 5.91 Å². The van der Waals surface area contributed by atoms with Crippen molar-refractivity contribution in [2.24, 2.45) is 5.92 Å². The number of amides is 1. The van der Waals surface area contributed by atoms with E-state index in [0.29, 0.717) is 18.9 Å². The van der Waals surface area contributed by atoms with Gasteiger partial charge in [-0.3, -0.25) is 9.69 Å². The van der Waals surface area contributed by atoms with Gasteiger partial charge in [-0.05, 0) is 18.1 Å². The second-order valence-corrected chi connectivity index (χ2v) is 8.20. The molecule has 3 saturated heterocycles. The number of carbonyl (C=O) groups excluding carboxylic acids is 1. The highest BCUT2D eigenvalue weighted by Gasteiger charge is 2.61. The lowest BCUT2D eigenvalue weighted by molar-refractivity contribution is -0.136. The van der Waals surface area contributed by atoms with E-state index >= 15 is 0 Å². The van der Waals surface area contributed by atoms with Crippen LogP contribution in [-0.2, 0) is 22.6 Å². The average molecular weight is 354 g/mol. The van der Waals surface area contributed by atoms with Crippen molar-refractivity contribution in [3.8, 4) is 0 Å². The molecular weight excluding hydrogens is 328 g/mol. The largest absolute Gasteiger partial charge is 0.352 e. The minimum atomic E-state index is -0.369. The Bertz CT molecular complexity index is 861. The fourth-order valence-electron chi connectivity index (χ4n) is 5.06. The van der Waals surface area contributed by atoms with Crippen LogP contribution in [0.2, 0.25) is 0 Å². The number of benzene rings is 1. The van der Waals surface area contributed by atoms with Gasteiger partial charge in [0, 0.05) is 32.5 Å². The third-order valence-electron chi connectivity index (χ3n) is 6.14. The lowest BCUT2D eigenvalue weighted by Crippen LogP contribution is -2.47. The van der Waals surface area contributed by atoms with E-state index in [9.17, 15) is 4.79 Å². The zero-order valence-corrected chi connectivity index (χ0v) is 15.5. The minimum absolute atomic E-state index is 0.157. The lowest BCUT2D eigenvalue weighted by atomic mass is 10.1. The van der Waals surface area contributed by atoms with Crippen LogP contribution in [0.3, 0.4) is 0 Å². The molecule has 1 amide bonds. The second kappa shape index (κ2) is 5.79. The number of likely N-dealkylation sites (tertiary alicyclic amines) is 1. The quantitative estimate of drug-likeness (QED) is 0.845. The summed E-state index contributed by atoms with van der Waals surface area (Å²) in [6, 6.07) is 8.52. The number of hydrogen-bond acceptors (Lipinski definition) is 4. The van der Waals surface area contributed by atoms with Crippen LogP contribution in [0.25, 0.3) is 11.0 Å². The summed E-state index contributed by atoms with van der Waals surface area (Å²) in [4.78, 5) is 21.7. The Morgan fingerprint density at radius 2 is 2.15 bits per heavy atom. The average Bonchev–Trinajstić information content (AvgIpc) is 3.32. The van der Waals surface area contributed by atoms with E-state index < -0.39 is 0 Å². The monoisotopic (exact) mass is 354 g/mol. The van der Waals surface area contributed by atoms with E-state index in [4.69, 9.17) is 9.72 Å². The molecule has 1 aromatic heterocycles. The third kappa shape index (κ3) is 2.25. The van der Waals surface area contributed by atoms with Gasteiger partial charge in [-0.15, -0.1) is 0 Å². The molecule has 5 rings (SSSR count). The van der Waals surface area contributed by atoms with E-state index in [-0.39, 0.29) is 17.7 Å². The molecule has 0 bridgehead atoms. The van der Waals surface area contributed by atoms with Gasteiger partial charge in [0.25, 0.3) is 0 Å². The summed E-state index contributed by atoms with van der Waals surface area (Å²) in [7, 11) is 0. The van der Waals surface area contributed by atoms with Crippen molar-refractivity contribution in [1.29, 1.82) is 0 Å². The van der Waals surface area contributed by atoms with Gasteiger partial charge in [-0.25, -0.2) is 4.98 Å². The number of para-hydroxylation sites is 2. The zero-order chi connectivity index (χ0) is 17.9. The molecule has 138 valence electrons. The third-order valence-corrected chi connectivity index (χ3v) is 6.14. The molecule has 2 aromatic rings. The predicted octanol–water partition coefficient (Wildman–Crippen LogP) is 2.23. The Labute approximate surface area is 153 Å². The summed E-state index contributed by atoms with van der Waals surface area (Å²) in [5, 5.41) is 0. The summed E-state index contributed by atoms with van der Waals surface area (Å²) < 4.78 is 8.47. The molecule has 0 saturated carbocycles. The highest BCUT2D eigenvalue weighted by Crippen LogP contribution is 2.46. The van der Waals surface area contributed by atoms with Crippen molar-refractivity contribution in [3.63, 3.8) is 0 Å². The molecule has 0 unspecified atom stereocenters. The summed E-state index contributed by atoms with van der Waals surface area (Å²) in [6.07, 6.45) is 1.48. The number of aromatic nitrogens is 2. The Hall–Kier alpha value is -1.92. The molecule has 6 nitrogen and oxygen atoms in total. The number of hydrogen-bond donors (Lipinski definition) is 0. The maximum absolute atomic E-state index is 12.4. The van der Waals surface area contributed by atoms with Gasteiger partial charge in [-0.1, -0.05) is 26.0 Å². The molecule has 3 fully saturated rings. The number of imidazole rings is 1. The summed E-state index contributed by atoms with van der Waals surface area (Å²) in [5.74, 6) is 1.90. The van der Waals surface area contributed by atoms with Gasteiger partial charge in [-0.2, -0.15) is 0 Å². The number of rotatable bonds is 4. The molecule has 4 heterocycles. The molecule has 1 aromatic carbocycles. The molecule has 0 aliphatic carbocycles.